The van der Waals surface area contributed by atoms with Crippen LogP contribution >= 0.6 is 0 Å². The fourth-order valence-corrected chi connectivity index (χ4v) is 6.14. The first-order chi connectivity index (χ1) is 16.5. The van der Waals surface area contributed by atoms with E-state index >= 15 is 0 Å². The summed E-state index contributed by atoms with van der Waals surface area (Å²) in [5.74, 6) is -1.14. The van der Waals surface area contributed by atoms with Crippen molar-refractivity contribution in [3.8, 4) is 0 Å². The number of anilines is 1. The monoisotopic (exact) mass is 468 g/mol. The van der Waals surface area contributed by atoms with Crippen LogP contribution in [0.2, 0.25) is 0 Å². The lowest BCUT2D eigenvalue weighted by molar-refractivity contribution is -0.134. The third-order valence-electron chi connectivity index (χ3n) is 8.24. The van der Waals surface area contributed by atoms with Gasteiger partial charge in [-0.05, 0) is 88.7 Å². The Morgan fingerprint density at radius 3 is 2.56 bits per heavy atom. The van der Waals surface area contributed by atoms with Gasteiger partial charge in [-0.3, -0.25) is 19.7 Å². The number of imide groups is 1. The first kappa shape index (κ1) is 23.2. The molecule has 4 saturated heterocycles. The first-order valence-electron chi connectivity index (χ1n) is 12.8. The van der Waals surface area contributed by atoms with Crippen LogP contribution in [0.25, 0.3) is 0 Å². The zero-order valence-electron chi connectivity index (χ0n) is 19.9. The second-order valence-corrected chi connectivity index (χ2v) is 10.4. The largest absolute Gasteiger partial charge is 0.370 e. The number of amides is 3. The number of pyridine rings is 1. The average molecular weight is 469 g/mol. The number of piperidine rings is 4. The molecule has 3 amide bonds. The van der Waals surface area contributed by atoms with E-state index in [-0.39, 0.29) is 23.9 Å². The second-order valence-electron chi connectivity index (χ2n) is 10.4. The molecule has 184 valence electrons. The highest BCUT2D eigenvalue weighted by Gasteiger charge is 2.40. The molecule has 9 heteroatoms. The molecule has 1 atom stereocenters. The smallest absolute Gasteiger partial charge is 0.270 e. The number of nitrogens with one attached hydrogen (secondary N) is 3. The fourth-order valence-electron chi connectivity index (χ4n) is 6.14. The van der Waals surface area contributed by atoms with Gasteiger partial charge in [0.05, 0.1) is 11.9 Å². The molecule has 34 heavy (non-hydrogen) atoms. The molecule has 4 aliphatic heterocycles. The van der Waals surface area contributed by atoms with Crippen LogP contribution in [0.5, 0.6) is 0 Å². The van der Waals surface area contributed by atoms with Gasteiger partial charge in [0.15, 0.2) is 0 Å². The molecule has 5 heterocycles. The Balaban J connectivity index is 1.16. The number of carbonyl (C=O) groups is 3. The molecule has 0 saturated carbocycles. The minimum absolute atomic E-state index is 0.232. The molecule has 1 aromatic heterocycles. The van der Waals surface area contributed by atoms with Crippen molar-refractivity contribution >= 4 is 23.4 Å². The number of hydrogen-bond acceptors (Lipinski definition) is 7. The molecule has 0 radical (unpaired) electrons. The Labute approximate surface area is 201 Å². The number of aromatic nitrogens is 1. The molecule has 4 aliphatic rings. The lowest BCUT2D eigenvalue weighted by Gasteiger charge is -2.50. The highest BCUT2D eigenvalue weighted by Crippen LogP contribution is 2.41. The van der Waals surface area contributed by atoms with Crippen LogP contribution in [0.4, 0.5) is 5.69 Å². The number of hydrogen-bond donors (Lipinski definition) is 3. The average Bonchev–Trinajstić information content (AvgIpc) is 2.87. The Morgan fingerprint density at radius 1 is 1.06 bits per heavy atom. The molecule has 3 N–H and O–H groups in total. The Morgan fingerprint density at radius 2 is 1.85 bits per heavy atom. The third-order valence-corrected chi connectivity index (χ3v) is 8.24. The molecule has 0 aromatic carbocycles. The van der Waals surface area contributed by atoms with E-state index in [1.54, 1.807) is 12.3 Å². The van der Waals surface area contributed by atoms with Crippen molar-refractivity contribution in [3.63, 3.8) is 0 Å². The van der Waals surface area contributed by atoms with E-state index in [1.807, 2.05) is 6.07 Å². The maximum Gasteiger partial charge on any atom is 0.270 e. The van der Waals surface area contributed by atoms with Gasteiger partial charge in [-0.2, -0.15) is 0 Å². The summed E-state index contributed by atoms with van der Waals surface area (Å²) in [6.45, 7) is 6.77. The minimum Gasteiger partial charge on any atom is -0.370 e. The van der Waals surface area contributed by atoms with Gasteiger partial charge in [-0.1, -0.05) is 0 Å². The van der Waals surface area contributed by atoms with Crippen LogP contribution < -0.4 is 20.9 Å². The molecule has 1 aromatic rings. The zero-order valence-corrected chi connectivity index (χ0v) is 19.9. The van der Waals surface area contributed by atoms with Gasteiger partial charge in [0, 0.05) is 25.6 Å². The van der Waals surface area contributed by atoms with E-state index in [4.69, 9.17) is 0 Å². The fraction of sp³-hybridized carbons (Fsp3) is 0.680. The third kappa shape index (κ3) is 5.10. The highest BCUT2D eigenvalue weighted by atomic mass is 16.2. The Bertz CT molecular complexity index is 906. The summed E-state index contributed by atoms with van der Waals surface area (Å²) in [5.41, 5.74) is 1.72. The van der Waals surface area contributed by atoms with E-state index in [1.165, 1.54) is 51.6 Å². The number of likely N-dealkylation sites (tertiary alicyclic amines) is 1. The predicted molar refractivity (Wildman–Crippen MR) is 128 cm³/mol. The predicted octanol–water partition coefficient (Wildman–Crippen LogP) is 1.05. The lowest BCUT2D eigenvalue weighted by Crippen LogP contribution is -2.53. The number of carbonyl (C=O) groups excluding carboxylic acids is 3. The van der Waals surface area contributed by atoms with Crippen LogP contribution in [-0.4, -0.2) is 79.0 Å². The van der Waals surface area contributed by atoms with Crippen molar-refractivity contribution < 1.29 is 14.4 Å². The van der Waals surface area contributed by atoms with Crippen LogP contribution in [0.1, 0.15) is 61.9 Å². The van der Waals surface area contributed by atoms with E-state index in [0.29, 0.717) is 11.8 Å². The van der Waals surface area contributed by atoms with Crippen LogP contribution in [0, 0.1) is 5.41 Å². The summed E-state index contributed by atoms with van der Waals surface area (Å²) >= 11 is 0. The Hall–Kier alpha value is -2.52. The van der Waals surface area contributed by atoms with Crippen LogP contribution in [-0.2, 0) is 9.59 Å². The van der Waals surface area contributed by atoms with E-state index in [9.17, 15) is 14.4 Å². The summed E-state index contributed by atoms with van der Waals surface area (Å²) < 4.78 is 0. The molecule has 1 unspecified atom stereocenters. The van der Waals surface area contributed by atoms with Gasteiger partial charge in [-0.25, -0.2) is 4.98 Å². The number of nitrogens with zero attached hydrogens (tertiary/aromatic N) is 3. The quantitative estimate of drug-likeness (QED) is 0.567. The topological polar surface area (TPSA) is 107 Å². The van der Waals surface area contributed by atoms with E-state index < -0.39 is 11.9 Å². The summed E-state index contributed by atoms with van der Waals surface area (Å²) in [7, 11) is 0. The van der Waals surface area contributed by atoms with Crippen molar-refractivity contribution in [2.45, 2.75) is 63.5 Å². The van der Waals surface area contributed by atoms with Gasteiger partial charge in [0.25, 0.3) is 5.91 Å². The van der Waals surface area contributed by atoms with Gasteiger partial charge >= 0.3 is 0 Å². The minimum atomic E-state index is -0.690. The van der Waals surface area contributed by atoms with Gasteiger partial charge < -0.3 is 20.4 Å². The molecular weight excluding hydrogens is 432 g/mol. The maximum absolute atomic E-state index is 12.6. The highest BCUT2D eigenvalue weighted by molar-refractivity contribution is 6.03. The van der Waals surface area contributed by atoms with E-state index in [0.717, 1.165) is 37.9 Å². The second kappa shape index (κ2) is 10.00. The standard InChI is InChI=1S/C25H36N6O3/c32-22-5-4-21(24(34)29-22)28-23(33)20-3-2-19(16-27-20)31-13-1-8-25(17-31)9-14-30(15-10-25)18-6-11-26-12-7-18/h2-3,16,18,21,26H,1,4-15,17H2,(H,28,33)(H,29,32,34). The van der Waals surface area contributed by atoms with Crippen molar-refractivity contribution in [2.24, 2.45) is 5.41 Å². The summed E-state index contributed by atoms with van der Waals surface area (Å²) in [4.78, 5) is 45.3. The summed E-state index contributed by atoms with van der Waals surface area (Å²) in [6.07, 6.45) is 9.87. The molecule has 4 fully saturated rings. The summed E-state index contributed by atoms with van der Waals surface area (Å²) in [5, 5.41) is 8.43. The summed E-state index contributed by atoms with van der Waals surface area (Å²) in [6, 6.07) is 3.76. The zero-order chi connectivity index (χ0) is 23.5. The molecule has 0 bridgehead atoms. The number of rotatable bonds is 4. The molecule has 9 nitrogen and oxygen atoms in total. The maximum atomic E-state index is 12.6. The first-order valence-corrected chi connectivity index (χ1v) is 12.8. The molecule has 0 aliphatic carbocycles. The van der Waals surface area contributed by atoms with Crippen molar-refractivity contribution in [1.82, 2.24) is 25.8 Å². The van der Waals surface area contributed by atoms with Gasteiger partial charge in [-0.15, -0.1) is 0 Å². The lowest BCUT2D eigenvalue weighted by atomic mass is 9.72. The Kier molecular flexibility index (Phi) is 6.83. The van der Waals surface area contributed by atoms with Crippen molar-refractivity contribution in [3.05, 3.63) is 24.0 Å². The normalized spacial score (nSPS) is 26.4. The van der Waals surface area contributed by atoms with Crippen LogP contribution in [0.15, 0.2) is 18.3 Å². The van der Waals surface area contributed by atoms with Gasteiger partial charge in [0.2, 0.25) is 11.8 Å². The van der Waals surface area contributed by atoms with Gasteiger partial charge in [0.1, 0.15) is 11.7 Å². The molecule has 1 spiro atoms. The van der Waals surface area contributed by atoms with Crippen LogP contribution in [0.3, 0.4) is 0 Å². The SMILES string of the molecule is O=C1CCC(NC(=O)c2ccc(N3CCCC4(CCN(C5CCNCC5)CC4)C3)cn2)C(=O)N1. The molecular formula is C25H36N6O3. The molecule has 5 rings (SSSR count). The van der Waals surface area contributed by atoms with Crippen molar-refractivity contribution in [2.75, 3.05) is 44.2 Å². The van der Waals surface area contributed by atoms with E-state index in [2.05, 4.69) is 30.7 Å². The van der Waals surface area contributed by atoms with Crippen molar-refractivity contribution in [1.29, 1.82) is 0 Å².